The van der Waals surface area contributed by atoms with Gasteiger partial charge in [-0.1, -0.05) is 0 Å². The van der Waals surface area contributed by atoms with Gasteiger partial charge in [-0.25, -0.2) is 9.97 Å². The Morgan fingerprint density at radius 1 is 1.19 bits per heavy atom. The molecule has 4 rings (SSSR count). The number of pyridine rings is 1. The highest BCUT2D eigenvalue weighted by molar-refractivity contribution is 5.98. The summed E-state index contributed by atoms with van der Waals surface area (Å²) in [7, 11) is 0. The Morgan fingerprint density at radius 3 is 2.68 bits per heavy atom. The topological polar surface area (TPSA) is 147 Å². The van der Waals surface area contributed by atoms with Crippen LogP contribution in [0, 0.1) is 11.3 Å². The highest BCUT2D eigenvalue weighted by Crippen LogP contribution is 2.23. The molecule has 1 aliphatic heterocycles. The average Bonchev–Trinajstić information content (AvgIpc) is 2.80. The van der Waals surface area contributed by atoms with Crippen LogP contribution in [0.5, 0.6) is 0 Å². The van der Waals surface area contributed by atoms with Crippen LogP contribution < -0.4 is 16.0 Å². The molecule has 0 spiro atoms. The minimum atomic E-state index is -0.520. The lowest BCUT2D eigenvalue weighted by molar-refractivity contribution is 0.100. The van der Waals surface area contributed by atoms with Crippen molar-refractivity contribution < 1.29 is 4.79 Å². The van der Waals surface area contributed by atoms with Crippen molar-refractivity contribution in [2.75, 3.05) is 23.3 Å². The first-order valence-electron chi connectivity index (χ1n) is 9.91. The van der Waals surface area contributed by atoms with Gasteiger partial charge in [-0.2, -0.15) is 5.26 Å². The first-order valence-corrected chi connectivity index (χ1v) is 9.91. The van der Waals surface area contributed by atoms with E-state index in [1.165, 1.54) is 12.5 Å². The molecule has 0 aromatic carbocycles. The molecule has 1 saturated heterocycles. The van der Waals surface area contributed by atoms with Crippen LogP contribution in [0.15, 0.2) is 43.0 Å². The molecule has 1 fully saturated rings. The molecule has 31 heavy (non-hydrogen) atoms. The van der Waals surface area contributed by atoms with Crippen molar-refractivity contribution in [3.8, 4) is 6.07 Å². The fourth-order valence-electron chi connectivity index (χ4n) is 3.55. The standard InChI is InChI=1S/C21H21N9O/c22-11-16-1-2-20(29-28-16)30-7-4-14(5-8-30)27-19-10-17(25-12-18(19)21(23)31)9-15-3-6-24-13-26-15/h1-3,6,10,12-14H,4-5,7-9H2,(H2,23,31)(H,25,27). The van der Waals surface area contributed by atoms with E-state index in [0.717, 1.165) is 43.1 Å². The van der Waals surface area contributed by atoms with Crippen LogP contribution in [0.2, 0.25) is 0 Å². The fourth-order valence-corrected chi connectivity index (χ4v) is 3.55. The van der Waals surface area contributed by atoms with E-state index in [4.69, 9.17) is 11.0 Å². The quantitative estimate of drug-likeness (QED) is 0.608. The number of nitriles is 1. The Bertz CT molecular complexity index is 1090. The number of nitrogens with one attached hydrogen (secondary N) is 1. The third kappa shape index (κ3) is 4.90. The second kappa shape index (κ2) is 9.13. The highest BCUT2D eigenvalue weighted by atomic mass is 16.1. The minimum absolute atomic E-state index is 0.176. The molecule has 0 aliphatic carbocycles. The zero-order valence-electron chi connectivity index (χ0n) is 16.8. The third-order valence-electron chi connectivity index (χ3n) is 5.18. The van der Waals surface area contributed by atoms with E-state index in [2.05, 4.69) is 35.4 Å². The van der Waals surface area contributed by atoms with Gasteiger partial charge in [0.1, 0.15) is 12.4 Å². The number of primary amides is 1. The van der Waals surface area contributed by atoms with Gasteiger partial charge in [0.25, 0.3) is 5.91 Å². The summed E-state index contributed by atoms with van der Waals surface area (Å²) in [4.78, 5) is 26.5. The number of hydrogen-bond acceptors (Lipinski definition) is 9. The predicted octanol–water partition coefficient (Wildman–Crippen LogP) is 1.30. The predicted molar refractivity (Wildman–Crippen MR) is 113 cm³/mol. The smallest absolute Gasteiger partial charge is 0.252 e. The third-order valence-corrected chi connectivity index (χ3v) is 5.18. The van der Waals surface area contributed by atoms with Crippen LogP contribution in [-0.4, -0.2) is 50.2 Å². The minimum Gasteiger partial charge on any atom is -0.381 e. The van der Waals surface area contributed by atoms with E-state index in [9.17, 15) is 4.79 Å². The number of carbonyl (C=O) groups excluding carboxylic acids is 1. The van der Waals surface area contributed by atoms with Crippen molar-refractivity contribution in [3.63, 3.8) is 0 Å². The molecule has 0 saturated carbocycles. The van der Waals surface area contributed by atoms with E-state index in [1.807, 2.05) is 24.3 Å². The van der Waals surface area contributed by atoms with Gasteiger partial charge in [0.05, 0.1) is 11.3 Å². The molecule has 1 amide bonds. The van der Waals surface area contributed by atoms with Gasteiger partial charge in [0, 0.05) is 49.3 Å². The molecule has 0 atom stereocenters. The number of amides is 1. The van der Waals surface area contributed by atoms with E-state index in [-0.39, 0.29) is 6.04 Å². The van der Waals surface area contributed by atoms with E-state index in [0.29, 0.717) is 23.4 Å². The number of hydrogen-bond donors (Lipinski definition) is 2. The molecule has 0 bridgehead atoms. The molecule has 3 aromatic rings. The number of nitrogens with zero attached hydrogens (tertiary/aromatic N) is 7. The lowest BCUT2D eigenvalue weighted by Gasteiger charge is -2.33. The molecule has 0 unspecified atom stereocenters. The summed E-state index contributed by atoms with van der Waals surface area (Å²) in [6, 6.07) is 9.32. The second-order valence-electron chi connectivity index (χ2n) is 7.26. The largest absolute Gasteiger partial charge is 0.381 e. The Labute approximate surface area is 179 Å². The Kier molecular flexibility index (Phi) is 5.93. The number of nitrogens with two attached hydrogens (primary N) is 1. The van der Waals surface area contributed by atoms with Gasteiger partial charge in [-0.3, -0.25) is 9.78 Å². The molecule has 1 aliphatic rings. The summed E-state index contributed by atoms with van der Waals surface area (Å²) >= 11 is 0. The molecule has 10 nitrogen and oxygen atoms in total. The lowest BCUT2D eigenvalue weighted by atomic mass is 10.0. The summed E-state index contributed by atoms with van der Waals surface area (Å²) in [5.74, 6) is 0.236. The van der Waals surface area contributed by atoms with Crippen LogP contribution in [0.1, 0.15) is 40.3 Å². The molecule has 3 N–H and O–H groups in total. The van der Waals surface area contributed by atoms with Crippen molar-refractivity contribution in [2.24, 2.45) is 5.73 Å². The number of carbonyl (C=O) groups is 1. The van der Waals surface area contributed by atoms with Gasteiger partial charge >= 0.3 is 0 Å². The van der Waals surface area contributed by atoms with E-state index < -0.39 is 5.91 Å². The maximum atomic E-state index is 11.9. The normalized spacial score (nSPS) is 14.1. The van der Waals surface area contributed by atoms with Crippen LogP contribution in [-0.2, 0) is 6.42 Å². The first-order chi connectivity index (χ1) is 15.1. The zero-order chi connectivity index (χ0) is 21.6. The first kappa shape index (κ1) is 20.2. The van der Waals surface area contributed by atoms with Crippen LogP contribution >= 0.6 is 0 Å². The molecule has 156 valence electrons. The molecule has 3 aromatic heterocycles. The lowest BCUT2D eigenvalue weighted by Crippen LogP contribution is -2.40. The van der Waals surface area contributed by atoms with E-state index in [1.54, 1.807) is 12.3 Å². The van der Waals surface area contributed by atoms with Gasteiger partial charge in [-0.05, 0) is 37.1 Å². The molecule has 0 radical (unpaired) electrons. The SMILES string of the molecule is N#Cc1ccc(N2CCC(Nc3cc(Cc4ccncn4)ncc3C(N)=O)CC2)nn1. The molecule has 10 heteroatoms. The maximum Gasteiger partial charge on any atom is 0.252 e. The number of rotatable bonds is 6. The Hall–Kier alpha value is -4.13. The summed E-state index contributed by atoms with van der Waals surface area (Å²) < 4.78 is 0. The zero-order valence-corrected chi connectivity index (χ0v) is 16.8. The maximum absolute atomic E-state index is 11.9. The van der Waals surface area contributed by atoms with Crippen LogP contribution in [0.4, 0.5) is 11.5 Å². The van der Waals surface area contributed by atoms with Crippen molar-refractivity contribution >= 4 is 17.4 Å². The average molecular weight is 415 g/mol. The summed E-state index contributed by atoms with van der Waals surface area (Å²) in [5.41, 5.74) is 8.54. The summed E-state index contributed by atoms with van der Waals surface area (Å²) in [6.45, 7) is 1.56. The Balaban J connectivity index is 1.43. The van der Waals surface area contributed by atoms with Crippen molar-refractivity contribution in [3.05, 3.63) is 65.6 Å². The van der Waals surface area contributed by atoms with Gasteiger partial charge in [0.15, 0.2) is 11.5 Å². The fraction of sp³-hybridized carbons (Fsp3) is 0.286. The van der Waals surface area contributed by atoms with Crippen molar-refractivity contribution in [1.29, 1.82) is 5.26 Å². The van der Waals surface area contributed by atoms with Crippen LogP contribution in [0.3, 0.4) is 0 Å². The second-order valence-corrected chi connectivity index (χ2v) is 7.26. The van der Waals surface area contributed by atoms with Gasteiger partial charge in [-0.15, -0.1) is 10.2 Å². The van der Waals surface area contributed by atoms with Gasteiger partial charge in [0.2, 0.25) is 0 Å². The van der Waals surface area contributed by atoms with Crippen molar-refractivity contribution in [2.45, 2.75) is 25.3 Å². The van der Waals surface area contributed by atoms with Crippen molar-refractivity contribution in [1.82, 2.24) is 25.1 Å². The number of piperidine rings is 1. The Morgan fingerprint density at radius 2 is 2.03 bits per heavy atom. The summed E-state index contributed by atoms with van der Waals surface area (Å²) in [6.07, 6.45) is 6.94. The number of anilines is 2. The van der Waals surface area contributed by atoms with Gasteiger partial charge < -0.3 is 16.0 Å². The summed E-state index contributed by atoms with van der Waals surface area (Å²) in [5, 5.41) is 20.3. The molecular weight excluding hydrogens is 394 g/mol. The van der Waals surface area contributed by atoms with Crippen LogP contribution in [0.25, 0.3) is 0 Å². The molecule has 4 heterocycles. The molecular formula is C21H21N9O. The van der Waals surface area contributed by atoms with E-state index >= 15 is 0 Å². The number of aromatic nitrogens is 5. The highest BCUT2D eigenvalue weighted by Gasteiger charge is 2.22. The monoisotopic (exact) mass is 415 g/mol.